The lowest BCUT2D eigenvalue weighted by molar-refractivity contribution is 0.312. The minimum atomic E-state index is 0.960. The van der Waals surface area contributed by atoms with E-state index in [0.29, 0.717) is 0 Å². The first-order valence-electron chi connectivity index (χ1n) is 5.98. The Morgan fingerprint density at radius 3 is 2.71 bits per heavy atom. The molecule has 0 N–H and O–H groups in total. The number of hydrogen-bond acceptors (Lipinski definition) is 4. The molecule has 0 amide bonds. The molecule has 5 heteroatoms. The fourth-order valence-corrected chi connectivity index (χ4v) is 2.19. The standard InChI is InChI=1S/C12H17N5/c1-10-9-13-17-4-3-11(14-12(10)17)16-7-5-15(2)6-8-16/h3-4,9H,5-8H2,1-2H3. The van der Waals surface area contributed by atoms with Crippen molar-refractivity contribution in [2.45, 2.75) is 6.92 Å². The van der Waals surface area contributed by atoms with E-state index in [9.17, 15) is 0 Å². The van der Waals surface area contributed by atoms with Crippen molar-refractivity contribution in [3.63, 3.8) is 0 Å². The van der Waals surface area contributed by atoms with Crippen molar-refractivity contribution < 1.29 is 0 Å². The summed E-state index contributed by atoms with van der Waals surface area (Å²) in [4.78, 5) is 9.38. The maximum Gasteiger partial charge on any atom is 0.160 e. The minimum Gasteiger partial charge on any atom is -0.354 e. The van der Waals surface area contributed by atoms with Gasteiger partial charge in [-0.25, -0.2) is 9.50 Å². The van der Waals surface area contributed by atoms with Crippen molar-refractivity contribution in [3.8, 4) is 0 Å². The molecule has 0 spiro atoms. The molecule has 1 fully saturated rings. The number of nitrogens with zero attached hydrogens (tertiary/aromatic N) is 5. The molecule has 0 radical (unpaired) electrons. The quantitative estimate of drug-likeness (QED) is 0.727. The van der Waals surface area contributed by atoms with Crippen LogP contribution < -0.4 is 4.90 Å². The van der Waals surface area contributed by atoms with Gasteiger partial charge in [-0.3, -0.25) is 0 Å². The smallest absolute Gasteiger partial charge is 0.160 e. The summed E-state index contributed by atoms with van der Waals surface area (Å²) >= 11 is 0. The Balaban J connectivity index is 1.92. The topological polar surface area (TPSA) is 36.7 Å². The molecule has 0 aliphatic carbocycles. The van der Waals surface area contributed by atoms with Gasteiger partial charge in [-0.05, 0) is 20.0 Å². The predicted molar refractivity (Wildman–Crippen MR) is 67.4 cm³/mol. The number of fused-ring (bicyclic) bond motifs is 1. The zero-order valence-electron chi connectivity index (χ0n) is 10.3. The van der Waals surface area contributed by atoms with E-state index in [1.54, 1.807) is 0 Å². The molecule has 5 nitrogen and oxygen atoms in total. The summed E-state index contributed by atoms with van der Waals surface area (Å²) in [7, 11) is 2.16. The van der Waals surface area contributed by atoms with Crippen LogP contribution in [0.4, 0.5) is 5.82 Å². The summed E-state index contributed by atoms with van der Waals surface area (Å²) < 4.78 is 1.83. The van der Waals surface area contributed by atoms with Gasteiger partial charge in [0, 0.05) is 37.9 Å². The van der Waals surface area contributed by atoms with E-state index in [-0.39, 0.29) is 0 Å². The Labute approximate surface area is 101 Å². The molecule has 2 aromatic rings. The Bertz CT molecular complexity index is 525. The van der Waals surface area contributed by atoms with E-state index in [4.69, 9.17) is 4.98 Å². The maximum atomic E-state index is 4.69. The normalized spacial score (nSPS) is 17.9. The van der Waals surface area contributed by atoms with Crippen molar-refractivity contribution in [1.82, 2.24) is 19.5 Å². The first kappa shape index (κ1) is 10.5. The highest BCUT2D eigenvalue weighted by Gasteiger charge is 2.15. The van der Waals surface area contributed by atoms with Crippen molar-refractivity contribution in [2.75, 3.05) is 38.1 Å². The summed E-state index contributed by atoms with van der Waals surface area (Å²) in [6.07, 6.45) is 3.85. The average molecular weight is 231 g/mol. The highest BCUT2D eigenvalue weighted by atomic mass is 15.3. The third-order valence-electron chi connectivity index (χ3n) is 3.36. The van der Waals surface area contributed by atoms with Crippen LogP contribution in [0.5, 0.6) is 0 Å². The van der Waals surface area contributed by atoms with E-state index >= 15 is 0 Å². The number of hydrogen-bond donors (Lipinski definition) is 0. The lowest BCUT2D eigenvalue weighted by Gasteiger charge is -2.33. The number of likely N-dealkylation sites (N-methyl/N-ethyl adjacent to an activating group) is 1. The third-order valence-corrected chi connectivity index (χ3v) is 3.36. The zero-order chi connectivity index (χ0) is 11.8. The molecule has 17 heavy (non-hydrogen) atoms. The van der Waals surface area contributed by atoms with E-state index in [1.165, 1.54) is 0 Å². The van der Waals surface area contributed by atoms with E-state index in [1.807, 2.05) is 29.9 Å². The van der Waals surface area contributed by atoms with Gasteiger partial charge in [0.25, 0.3) is 0 Å². The molecule has 0 saturated carbocycles. The van der Waals surface area contributed by atoms with Gasteiger partial charge in [-0.2, -0.15) is 5.10 Å². The lowest BCUT2D eigenvalue weighted by Crippen LogP contribution is -2.44. The van der Waals surface area contributed by atoms with Crippen LogP contribution in [0.3, 0.4) is 0 Å². The summed E-state index contributed by atoms with van der Waals surface area (Å²) in [5.41, 5.74) is 2.09. The van der Waals surface area contributed by atoms with Crippen molar-refractivity contribution in [1.29, 1.82) is 0 Å². The van der Waals surface area contributed by atoms with Crippen molar-refractivity contribution in [3.05, 3.63) is 24.0 Å². The molecule has 0 unspecified atom stereocenters. The Morgan fingerprint density at radius 1 is 1.18 bits per heavy atom. The minimum absolute atomic E-state index is 0.960. The van der Waals surface area contributed by atoms with E-state index < -0.39 is 0 Å². The molecular weight excluding hydrogens is 214 g/mol. The number of aryl methyl sites for hydroxylation is 1. The van der Waals surface area contributed by atoms with Crippen LogP contribution in [0.2, 0.25) is 0 Å². The third kappa shape index (κ3) is 1.86. The fraction of sp³-hybridized carbons (Fsp3) is 0.500. The van der Waals surface area contributed by atoms with Gasteiger partial charge >= 0.3 is 0 Å². The van der Waals surface area contributed by atoms with Gasteiger partial charge in [0.1, 0.15) is 5.82 Å². The largest absolute Gasteiger partial charge is 0.354 e. The Morgan fingerprint density at radius 2 is 1.94 bits per heavy atom. The van der Waals surface area contributed by atoms with Crippen LogP contribution >= 0.6 is 0 Å². The summed E-state index contributed by atoms with van der Waals surface area (Å²) in [6, 6.07) is 2.05. The van der Waals surface area contributed by atoms with Gasteiger partial charge < -0.3 is 9.80 Å². The molecule has 0 bridgehead atoms. The van der Waals surface area contributed by atoms with E-state index in [0.717, 1.165) is 43.2 Å². The molecule has 2 aromatic heterocycles. The van der Waals surface area contributed by atoms with Crippen molar-refractivity contribution in [2.24, 2.45) is 0 Å². The second kappa shape index (κ2) is 4.00. The van der Waals surface area contributed by atoms with Crippen molar-refractivity contribution >= 4 is 11.5 Å². The van der Waals surface area contributed by atoms with Gasteiger partial charge in [0.15, 0.2) is 5.65 Å². The molecule has 0 aromatic carbocycles. The molecule has 1 aliphatic rings. The lowest BCUT2D eigenvalue weighted by atomic mass is 10.3. The number of rotatable bonds is 1. The molecule has 1 saturated heterocycles. The molecule has 3 rings (SSSR count). The second-order valence-corrected chi connectivity index (χ2v) is 4.67. The van der Waals surface area contributed by atoms with Crippen LogP contribution in [0, 0.1) is 6.92 Å². The molecular formula is C12H17N5. The molecule has 3 heterocycles. The Hall–Kier alpha value is -1.62. The van der Waals surface area contributed by atoms with Gasteiger partial charge in [0.05, 0.1) is 6.20 Å². The first-order chi connectivity index (χ1) is 8.24. The number of aromatic nitrogens is 3. The highest BCUT2D eigenvalue weighted by molar-refractivity contribution is 5.52. The summed E-state index contributed by atoms with van der Waals surface area (Å²) in [5, 5.41) is 4.24. The van der Waals surface area contributed by atoms with Crippen LogP contribution in [-0.2, 0) is 0 Å². The molecule has 90 valence electrons. The predicted octanol–water partition coefficient (Wildman–Crippen LogP) is 0.790. The van der Waals surface area contributed by atoms with Gasteiger partial charge in [0.2, 0.25) is 0 Å². The molecule has 1 aliphatic heterocycles. The average Bonchev–Trinajstić information content (AvgIpc) is 2.72. The van der Waals surface area contributed by atoms with Gasteiger partial charge in [-0.15, -0.1) is 0 Å². The zero-order valence-corrected chi connectivity index (χ0v) is 10.3. The highest BCUT2D eigenvalue weighted by Crippen LogP contribution is 2.15. The van der Waals surface area contributed by atoms with Crippen LogP contribution in [0.15, 0.2) is 18.5 Å². The van der Waals surface area contributed by atoms with Crippen LogP contribution in [-0.4, -0.2) is 52.7 Å². The van der Waals surface area contributed by atoms with Gasteiger partial charge in [-0.1, -0.05) is 0 Å². The Kier molecular flexibility index (Phi) is 2.48. The van der Waals surface area contributed by atoms with E-state index in [2.05, 4.69) is 21.9 Å². The summed E-state index contributed by atoms with van der Waals surface area (Å²) in [5.74, 6) is 1.06. The van der Waals surface area contributed by atoms with Crippen LogP contribution in [0.25, 0.3) is 5.65 Å². The first-order valence-corrected chi connectivity index (χ1v) is 5.98. The number of piperazine rings is 1. The second-order valence-electron chi connectivity index (χ2n) is 4.67. The monoisotopic (exact) mass is 231 g/mol. The number of anilines is 1. The summed E-state index contributed by atoms with van der Waals surface area (Å²) in [6.45, 7) is 6.35. The maximum absolute atomic E-state index is 4.69. The molecule has 0 atom stereocenters. The SMILES string of the molecule is Cc1cnn2ccc(N3CCN(C)CC3)nc12. The van der Waals surface area contributed by atoms with Crippen LogP contribution in [0.1, 0.15) is 5.56 Å². The fourth-order valence-electron chi connectivity index (χ4n) is 2.19.